The zero-order valence-electron chi connectivity index (χ0n) is 11.7. The summed E-state index contributed by atoms with van der Waals surface area (Å²) in [6, 6.07) is 7.41. The second kappa shape index (κ2) is 8.86. The molecule has 1 aromatic rings. The fraction of sp³-hybridized carbons (Fsp3) is 0.273. The smallest absolute Gasteiger partial charge is 0.278 e. The van der Waals surface area contributed by atoms with Gasteiger partial charge in [-0.2, -0.15) is 12.8 Å². The van der Waals surface area contributed by atoms with Crippen LogP contribution in [0.2, 0.25) is 0 Å². The first kappa shape index (κ1) is 21.7. The molecule has 0 bridgehead atoms. The Bertz CT molecular complexity index is 697. The number of nitrogens with one attached hydrogen (secondary N) is 1. The Morgan fingerprint density at radius 2 is 1.92 bits per heavy atom. The maximum Gasteiger partial charge on any atom is 0.278 e. The average molecular weight is 453 g/mol. The monoisotopic (exact) mass is 451 g/mol. The van der Waals surface area contributed by atoms with Gasteiger partial charge in [0.1, 0.15) is 0 Å². The first-order valence-corrected chi connectivity index (χ1v) is 9.99. The second-order valence-electron chi connectivity index (χ2n) is 4.18. The zero-order valence-corrected chi connectivity index (χ0v) is 16.4. The SMILES string of the molecule is NN(C(=S)SCC(=O)NC(O)C(Cl)(Cl)Cl)S(=O)(=O)c1ccccc1. The Labute approximate surface area is 163 Å². The number of carbonyl (C=O) groups excluding carboxylic acids is 1. The molecule has 0 radical (unpaired) electrons. The van der Waals surface area contributed by atoms with Crippen LogP contribution in [-0.4, -0.2) is 43.9 Å². The lowest BCUT2D eigenvalue weighted by molar-refractivity contribution is -0.121. The number of nitrogens with zero attached hydrogens (tertiary/aromatic N) is 1. The van der Waals surface area contributed by atoms with Crippen molar-refractivity contribution in [1.82, 2.24) is 9.73 Å². The molecule has 0 aliphatic heterocycles. The molecule has 0 aliphatic carbocycles. The molecule has 1 amide bonds. The second-order valence-corrected chi connectivity index (χ2v) is 9.97. The standard InChI is InChI=1S/C11H12Cl3N3O4S3/c12-11(13,14)9(19)16-8(18)6-23-10(22)17(15)24(20,21)7-4-2-1-3-5-7/h1-5,9,19H,6,15H2,(H,16,18). The van der Waals surface area contributed by atoms with Crippen molar-refractivity contribution in [3.05, 3.63) is 30.3 Å². The molecule has 134 valence electrons. The van der Waals surface area contributed by atoms with Crippen LogP contribution in [0.1, 0.15) is 0 Å². The van der Waals surface area contributed by atoms with Crippen molar-refractivity contribution in [3.8, 4) is 0 Å². The van der Waals surface area contributed by atoms with E-state index in [1.165, 1.54) is 24.3 Å². The summed E-state index contributed by atoms with van der Waals surface area (Å²) in [6.45, 7) is 0. The largest absolute Gasteiger partial charge is 0.369 e. The quantitative estimate of drug-likeness (QED) is 0.203. The van der Waals surface area contributed by atoms with E-state index in [0.717, 1.165) is 0 Å². The number of hydrogen-bond donors (Lipinski definition) is 3. The summed E-state index contributed by atoms with van der Waals surface area (Å²) in [6.07, 6.45) is -1.73. The van der Waals surface area contributed by atoms with Crippen molar-refractivity contribution in [2.24, 2.45) is 5.84 Å². The molecule has 1 atom stereocenters. The molecule has 1 unspecified atom stereocenters. The third-order valence-electron chi connectivity index (χ3n) is 2.41. The van der Waals surface area contributed by atoms with E-state index < -0.39 is 26.0 Å². The first-order valence-electron chi connectivity index (χ1n) is 6.02. The summed E-state index contributed by atoms with van der Waals surface area (Å²) in [4.78, 5) is 11.6. The van der Waals surface area contributed by atoms with Gasteiger partial charge in [-0.15, -0.1) is 0 Å². The molecule has 0 spiro atoms. The number of hydrogen-bond acceptors (Lipinski definition) is 7. The van der Waals surface area contributed by atoms with Gasteiger partial charge in [0.15, 0.2) is 10.5 Å². The summed E-state index contributed by atoms with van der Waals surface area (Å²) in [5.41, 5.74) is 0. The fourth-order valence-electron chi connectivity index (χ4n) is 1.27. The lowest BCUT2D eigenvalue weighted by Crippen LogP contribution is -2.45. The first-order chi connectivity index (χ1) is 11.0. The van der Waals surface area contributed by atoms with Crippen LogP contribution in [0.25, 0.3) is 0 Å². The van der Waals surface area contributed by atoms with E-state index in [1.807, 2.05) is 5.32 Å². The third-order valence-corrected chi connectivity index (χ3v) is 6.23. The van der Waals surface area contributed by atoms with Crippen molar-refractivity contribution in [1.29, 1.82) is 0 Å². The molecule has 13 heteroatoms. The Morgan fingerprint density at radius 3 is 2.42 bits per heavy atom. The molecule has 24 heavy (non-hydrogen) atoms. The minimum absolute atomic E-state index is 0.0495. The normalized spacial score (nSPS) is 13.2. The van der Waals surface area contributed by atoms with E-state index in [2.05, 4.69) is 0 Å². The number of thiocarbonyl (C=S) groups is 1. The number of hydrazine groups is 1. The van der Waals surface area contributed by atoms with E-state index in [9.17, 15) is 18.3 Å². The van der Waals surface area contributed by atoms with Gasteiger partial charge in [-0.1, -0.05) is 77.0 Å². The maximum atomic E-state index is 12.2. The highest BCUT2D eigenvalue weighted by atomic mass is 35.6. The Kier molecular flexibility index (Phi) is 8.01. The third kappa shape index (κ3) is 6.19. The van der Waals surface area contributed by atoms with E-state index in [0.29, 0.717) is 16.2 Å². The van der Waals surface area contributed by atoms with Gasteiger partial charge in [0.05, 0.1) is 10.6 Å². The molecule has 7 nitrogen and oxygen atoms in total. The number of rotatable bonds is 5. The Morgan fingerprint density at radius 1 is 1.38 bits per heavy atom. The Hall–Kier alpha value is -0.330. The van der Waals surface area contributed by atoms with E-state index in [-0.39, 0.29) is 15.0 Å². The number of benzene rings is 1. The van der Waals surface area contributed by atoms with Crippen LogP contribution in [0.3, 0.4) is 0 Å². The number of alkyl halides is 3. The van der Waals surface area contributed by atoms with Gasteiger partial charge >= 0.3 is 0 Å². The predicted octanol–water partition coefficient (Wildman–Crippen LogP) is 1.37. The number of aliphatic hydroxyl groups is 1. The van der Waals surface area contributed by atoms with E-state index in [4.69, 9.17) is 52.9 Å². The van der Waals surface area contributed by atoms with Crippen LogP contribution in [0.15, 0.2) is 35.2 Å². The molecule has 0 aliphatic rings. The van der Waals surface area contributed by atoms with Crippen LogP contribution in [-0.2, 0) is 14.8 Å². The minimum atomic E-state index is -4.03. The Balaban J connectivity index is 2.64. The molecular formula is C11H12Cl3N3O4S3. The van der Waals surface area contributed by atoms with Gasteiger partial charge < -0.3 is 10.4 Å². The van der Waals surface area contributed by atoms with Crippen molar-refractivity contribution >= 4 is 79.0 Å². The van der Waals surface area contributed by atoms with Gasteiger partial charge in [-0.25, -0.2) is 5.84 Å². The van der Waals surface area contributed by atoms with E-state index >= 15 is 0 Å². The molecule has 4 N–H and O–H groups in total. The number of halogens is 3. The number of amides is 1. The number of nitrogens with two attached hydrogens (primary N) is 1. The minimum Gasteiger partial charge on any atom is -0.369 e. The van der Waals surface area contributed by atoms with E-state index in [1.54, 1.807) is 6.07 Å². The summed E-state index contributed by atoms with van der Waals surface area (Å²) in [7, 11) is -4.03. The molecule has 1 rings (SSSR count). The summed E-state index contributed by atoms with van der Waals surface area (Å²) in [5.74, 6) is 4.45. The van der Waals surface area contributed by atoms with Crippen molar-refractivity contribution < 1.29 is 18.3 Å². The number of carbonyl (C=O) groups is 1. The van der Waals surface area contributed by atoms with Crippen LogP contribution in [0.4, 0.5) is 0 Å². The lowest BCUT2D eigenvalue weighted by Gasteiger charge is -2.21. The average Bonchev–Trinajstić information content (AvgIpc) is 2.51. The molecule has 0 heterocycles. The molecule has 0 aromatic heterocycles. The van der Waals surface area contributed by atoms with Crippen molar-refractivity contribution in [3.63, 3.8) is 0 Å². The number of aliphatic hydroxyl groups excluding tert-OH is 1. The van der Waals surface area contributed by atoms with Gasteiger partial charge in [-0.3, -0.25) is 4.79 Å². The fourth-order valence-corrected chi connectivity index (χ4v) is 3.75. The summed E-state index contributed by atoms with van der Waals surface area (Å²) in [5, 5.41) is 11.4. The summed E-state index contributed by atoms with van der Waals surface area (Å²) >= 11 is 21.7. The van der Waals surface area contributed by atoms with Crippen molar-refractivity contribution in [2.75, 3.05) is 5.75 Å². The van der Waals surface area contributed by atoms with Gasteiger partial charge in [0, 0.05) is 0 Å². The summed E-state index contributed by atoms with van der Waals surface area (Å²) < 4.78 is 22.5. The predicted molar refractivity (Wildman–Crippen MR) is 99.1 cm³/mol. The highest BCUT2D eigenvalue weighted by molar-refractivity contribution is 8.24. The topological polar surface area (TPSA) is 113 Å². The van der Waals surface area contributed by atoms with Crippen LogP contribution in [0, 0.1) is 0 Å². The highest BCUT2D eigenvalue weighted by Crippen LogP contribution is 2.28. The zero-order chi connectivity index (χ0) is 18.5. The van der Waals surface area contributed by atoms with Gasteiger partial charge in [0.25, 0.3) is 10.0 Å². The van der Waals surface area contributed by atoms with Crippen molar-refractivity contribution in [2.45, 2.75) is 14.9 Å². The maximum absolute atomic E-state index is 12.2. The molecular weight excluding hydrogens is 441 g/mol. The molecule has 0 saturated heterocycles. The van der Waals surface area contributed by atoms with Gasteiger partial charge in [-0.05, 0) is 12.1 Å². The number of sulfonamides is 1. The van der Waals surface area contributed by atoms with Gasteiger partial charge in [0.2, 0.25) is 9.70 Å². The number of thioether (sulfide) groups is 1. The highest BCUT2D eigenvalue weighted by Gasteiger charge is 2.32. The van der Waals surface area contributed by atoms with Crippen LogP contribution < -0.4 is 11.2 Å². The lowest BCUT2D eigenvalue weighted by atomic mass is 10.4. The molecule has 0 fully saturated rings. The van der Waals surface area contributed by atoms with Crippen LogP contribution >= 0.6 is 58.8 Å². The molecule has 0 saturated carbocycles. The molecule has 1 aromatic carbocycles. The van der Waals surface area contributed by atoms with Crippen LogP contribution in [0.5, 0.6) is 0 Å².